The Labute approximate surface area is 143 Å². The fourth-order valence-corrected chi connectivity index (χ4v) is 6.48. The van der Waals surface area contributed by atoms with Gasteiger partial charge in [-0.2, -0.15) is 5.10 Å². The van der Waals surface area contributed by atoms with Crippen LogP contribution in [-0.2, 0) is 11.8 Å². The molecule has 5 aliphatic carbocycles. The molecular weight excluding hydrogens is 300 g/mol. The van der Waals surface area contributed by atoms with Gasteiger partial charge in [0.15, 0.2) is 0 Å². The lowest BCUT2D eigenvalue weighted by Crippen LogP contribution is -2.48. The van der Waals surface area contributed by atoms with Gasteiger partial charge in [0, 0.05) is 13.5 Å². The maximum absolute atomic E-state index is 12.9. The predicted octanol–water partition coefficient (Wildman–Crippen LogP) is 2.99. The number of aryl methyl sites for hydroxylation is 1. The van der Waals surface area contributed by atoms with Crippen LogP contribution in [-0.4, -0.2) is 20.7 Å². The van der Waals surface area contributed by atoms with E-state index in [1.165, 1.54) is 51.4 Å². The number of amides is 1. The van der Waals surface area contributed by atoms with Crippen LogP contribution in [0.25, 0.3) is 0 Å². The molecule has 1 atom stereocenters. The first-order valence-corrected chi connectivity index (χ1v) is 9.73. The Kier molecular flexibility index (Phi) is 3.29. The molecule has 4 bridgehead atoms. The fraction of sp³-hybridized carbons (Fsp3) is 0.842. The quantitative estimate of drug-likeness (QED) is 0.904. The van der Waals surface area contributed by atoms with Crippen molar-refractivity contribution >= 4 is 5.91 Å². The third kappa shape index (κ3) is 2.56. The zero-order valence-corrected chi connectivity index (χ0v) is 14.6. The standard InChI is InChI=1S/C19H28N4O/c1-23-18(20-11-21-23)17(15-2-3-15)22-16(24)10-19-7-12-4-13(8-19)6-14(5-12)9-19/h11-15,17H,2-10H2,1H3,(H,22,24)/t12?,13?,14?,17-,19?/m1/s1. The number of aromatic nitrogens is 3. The van der Waals surface area contributed by atoms with Crippen molar-refractivity contribution in [2.45, 2.75) is 63.8 Å². The smallest absolute Gasteiger partial charge is 0.221 e. The molecular formula is C19H28N4O. The number of rotatable bonds is 5. The van der Waals surface area contributed by atoms with Crippen LogP contribution in [0.3, 0.4) is 0 Å². The van der Waals surface area contributed by atoms with E-state index in [1.807, 2.05) is 11.7 Å². The lowest BCUT2D eigenvalue weighted by atomic mass is 9.49. The molecule has 6 rings (SSSR count). The van der Waals surface area contributed by atoms with Gasteiger partial charge in [0.05, 0.1) is 6.04 Å². The highest BCUT2D eigenvalue weighted by molar-refractivity contribution is 5.77. The topological polar surface area (TPSA) is 59.8 Å². The summed E-state index contributed by atoms with van der Waals surface area (Å²) < 4.78 is 1.81. The summed E-state index contributed by atoms with van der Waals surface area (Å²) in [5, 5.41) is 7.52. The second-order valence-electron chi connectivity index (χ2n) is 9.22. The molecule has 130 valence electrons. The molecule has 0 aromatic carbocycles. The zero-order chi connectivity index (χ0) is 16.3. The van der Waals surface area contributed by atoms with Crippen molar-refractivity contribution in [1.29, 1.82) is 0 Å². The number of hydrogen-bond acceptors (Lipinski definition) is 3. The van der Waals surface area contributed by atoms with Gasteiger partial charge in [-0.3, -0.25) is 9.48 Å². The van der Waals surface area contributed by atoms with Crippen LogP contribution < -0.4 is 5.32 Å². The highest BCUT2D eigenvalue weighted by Gasteiger charge is 2.51. The minimum Gasteiger partial charge on any atom is -0.346 e. The largest absolute Gasteiger partial charge is 0.346 e. The van der Waals surface area contributed by atoms with Crippen molar-refractivity contribution in [2.24, 2.45) is 36.1 Å². The number of carbonyl (C=O) groups is 1. The van der Waals surface area contributed by atoms with Gasteiger partial charge in [-0.1, -0.05) is 0 Å². The highest BCUT2D eigenvalue weighted by Crippen LogP contribution is 2.61. The Hall–Kier alpha value is -1.39. The number of carbonyl (C=O) groups excluding carboxylic acids is 1. The molecule has 5 heteroatoms. The van der Waals surface area contributed by atoms with Crippen molar-refractivity contribution in [3.63, 3.8) is 0 Å². The molecule has 0 aliphatic heterocycles. The van der Waals surface area contributed by atoms with E-state index < -0.39 is 0 Å². The summed E-state index contributed by atoms with van der Waals surface area (Å²) in [6, 6.07) is 0.0545. The molecule has 5 fully saturated rings. The molecule has 1 aromatic heterocycles. The Morgan fingerprint density at radius 3 is 2.38 bits per heavy atom. The summed E-state index contributed by atoms with van der Waals surface area (Å²) in [6.45, 7) is 0. The summed E-state index contributed by atoms with van der Waals surface area (Å²) in [6.07, 6.45) is 12.9. The molecule has 5 nitrogen and oxygen atoms in total. The monoisotopic (exact) mass is 328 g/mol. The summed E-state index contributed by atoms with van der Waals surface area (Å²) in [5.41, 5.74) is 0.312. The molecule has 5 saturated carbocycles. The van der Waals surface area contributed by atoms with Crippen LogP contribution in [0.2, 0.25) is 0 Å². The van der Waals surface area contributed by atoms with Gasteiger partial charge in [-0.05, 0) is 80.5 Å². The first-order valence-electron chi connectivity index (χ1n) is 9.73. The van der Waals surface area contributed by atoms with Crippen LogP contribution in [0.15, 0.2) is 6.33 Å². The summed E-state index contributed by atoms with van der Waals surface area (Å²) in [5.74, 6) is 4.42. The second-order valence-corrected chi connectivity index (χ2v) is 9.22. The number of nitrogens with zero attached hydrogens (tertiary/aromatic N) is 3. The van der Waals surface area contributed by atoms with Gasteiger partial charge in [-0.25, -0.2) is 4.98 Å². The van der Waals surface area contributed by atoms with Crippen molar-refractivity contribution in [1.82, 2.24) is 20.1 Å². The van der Waals surface area contributed by atoms with Crippen LogP contribution >= 0.6 is 0 Å². The predicted molar refractivity (Wildman–Crippen MR) is 89.8 cm³/mol. The molecule has 24 heavy (non-hydrogen) atoms. The van der Waals surface area contributed by atoms with Crippen LogP contribution in [0.4, 0.5) is 0 Å². The summed E-state index contributed by atoms with van der Waals surface area (Å²) in [7, 11) is 1.92. The first kappa shape index (κ1) is 14.9. The van der Waals surface area contributed by atoms with Crippen molar-refractivity contribution in [3.8, 4) is 0 Å². The highest BCUT2D eigenvalue weighted by atomic mass is 16.1. The van der Waals surface area contributed by atoms with Crippen molar-refractivity contribution in [3.05, 3.63) is 12.2 Å². The molecule has 5 aliphatic rings. The Morgan fingerprint density at radius 2 is 1.88 bits per heavy atom. The third-order valence-electron chi connectivity index (χ3n) is 7.14. The first-order chi connectivity index (χ1) is 11.6. The Balaban J connectivity index is 1.29. The van der Waals surface area contributed by atoms with Crippen molar-refractivity contribution < 1.29 is 4.79 Å². The second kappa shape index (κ2) is 5.30. The van der Waals surface area contributed by atoms with E-state index in [0.29, 0.717) is 11.3 Å². The molecule has 1 aromatic rings. The lowest BCUT2D eigenvalue weighted by molar-refractivity contribution is -0.130. The van der Waals surface area contributed by atoms with Gasteiger partial charge >= 0.3 is 0 Å². The number of hydrogen-bond donors (Lipinski definition) is 1. The van der Waals surface area contributed by atoms with E-state index in [4.69, 9.17) is 0 Å². The van der Waals surface area contributed by atoms with E-state index in [9.17, 15) is 4.79 Å². The zero-order valence-electron chi connectivity index (χ0n) is 14.6. The molecule has 0 spiro atoms. The SMILES string of the molecule is Cn1ncnc1[C@H](NC(=O)CC12CC3CC(CC(C3)C1)C2)C1CC1. The average Bonchev–Trinajstić information content (AvgIpc) is 3.25. The molecule has 1 N–H and O–H groups in total. The van der Waals surface area contributed by atoms with Gasteiger partial charge in [0.2, 0.25) is 5.91 Å². The fourth-order valence-electron chi connectivity index (χ4n) is 6.48. The lowest BCUT2D eigenvalue weighted by Gasteiger charge is -2.56. The molecule has 0 radical (unpaired) electrons. The normalized spacial score (nSPS) is 38.3. The number of nitrogens with one attached hydrogen (secondary N) is 1. The minimum absolute atomic E-state index is 0.0545. The Bertz CT molecular complexity index is 612. The van der Waals surface area contributed by atoms with Crippen LogP contribution in [0.5, 0.6) is 0 Å². The summed E-state index contributed by atoms with van der Waals surface area (Å²) >= 11 is 0. The molecule has 1 heterocycles. The van der Waals surface area contributed by atoms with Gasteiger partial charge < -0.3 is 5.32 Å². The van der Waals surface area contributed by atoms with E-state index in [0.717, 1.165) is 30.0 Å². The van der Waals surface area contributed by atoms with Crippen LogP contribution in [0, 0.1) is 29.1 Å². The van der Waals surface area contributed by atoms with Crippen molar-refractivity contribution in [2.75, 3.05) is 0 Å². The maximum atomic E-state index is 12.9. The molecule has 0 saturated heterocycles. The van der Waals surface area contributed by atoms with E-state index >= 15 is 0 Å². The van der Waals surface area contributed by atoms with Gasteiger partial charge in [0.1, 0.15) is 12.2 Å². The van der Waals surface area contributed by atoms with E-state index in [2.05, 4.69) is 15.4 Å². The molecule has 1 amide bonds. The molecule has 0 unspecified atom stereocenters. The van der Waals surface area contributed by atoms with Crippen LogP contribution in [0.1, 0.15) is 69.7 Å². The summed E-state index contributed by atoms with van der Waals surface area (Å²) in [4.78, 5) is 17.3. The minimum atomic E-state index is 0.0545. The third-order valence-corrected chi connectivity index (χ3v) is 7.14. The average molecular weight is 328 g/mol. The Morgan fingerprint density at radius 1 is 1.25 bits per heavy atom. The van der Waals surface area contributed by atoms with E-state index in [-0.39, 0.29) is 11.9 Å². The maximum Gasteiger partial charge on any atom is 0.221 e. The van der Waals surface area contributed by atoms with Gasteiger partial charge in [-0.15, -0.1) is 0 Å². The van der Waals surface area contributed by atoms with Gasteiger partial charge in [0.25, 0.3) is 0 Å². The van der Waals surface area contributed by atoms with E-state index in [1.54, 1.807) is 6.33 Å².